The number of thiophene rings is 1. The Hall–Kier alpha value is -1.67. The van der Waals surface area contributed by atoms with Crippen molar-refractivity contribution in [2.45, 2.75) is 20.8 Å². The van der Waals surface area contributed by atoms with Crippen molar-refractivity contribution in [3.05, 3.63) is 34.8 Å². The number of fused-ring (bicyclic) bond motifs is 1. The number of rotatable bonds is 5. The van der Waals surface area contributed by atoms with Gasteiger partial charge in [-0.05, 0) is 36.4 Å². The van der Waals surface area contributed by atoms with Crippen LogP contribution < -0.4 is 5.73 Å². The Morgan fingerprint density at radius 3 is 2.61 bits per heavy atom. The lowest BCUT2D eigenvalue weighted by Gasteiger charge is -2.29. The van der Waals surface area contributed by atoms with Gasteiger partial charge in [-0.3, -0.25) is 9.48 Å². The lowest BCUT2D eigenvalue weighted by Crippen LogP contribution is -2.39. The fourth-order valence-corrected chi connectivity index (χ4v) is 3.83. The van der Waals surface area contributed by atoms with Crippen molar-refractivity contribution in [3.63, 3.8) is 0 Å². The Balaban J connectivity index is 0.00000196. The van der Waals surface area contributed by atoms with E-state index < -0.39 is 0 Å². The summed E-state index contributed by atoms with van der Waals surface area (Å²) in [6.45, 7) is 7.13. The van der Waals surface area contributed by atoms with Gasteiger partial charge in [0, 0.05) is 20.6 Å². The SMILES string of the molecule is Cc1nn(C)c2nc(-c3cccs3)cc(C(=O)N(C)CC(C)(C)CN)c12.Cl.Cl. The lowest BCUT2D eigenvalue weighted by molar-refractivity contribution is 0.0742. The normalized spacial score (nSPS) is 11.1. The van der Waals surface area contributed by atoms with Crippen LogP contribution in [0.3, 0.4) is 0 Å². The highest BCUT2D eigenvalue weighted by Gasteiger charge is 2.25. The third kappa shape index (κ3) is 4.66. The summed E-state index contributed by atoms with van der Waals surface area (Å²) in [6.07, 6.45) is 0. The van der Waals surface area contributed by atoms with Crippen LogP contribution in [0, 0.1) is 12.3 Å². The van der Waals surface area contributed by atoms with Gasteiger partial charge < -0.3 is 10.6 Å². The predicted molar refractivity (Wildman–Crippen MR) is 121 cm³/mol. The number of aryl methyl sites for hydroxylation is 2. The Labute approximate surface area is 181 Å². The first-order valence-corrected chi connectivity index (χ1v) is 9.45. The predicted octanol–water partition coefficient (Wildman–Crippen LogP) is 3.91. The summed E-state index contributed by atoms with van der Waals surface area (Å²) in [5.41, 5.74) is 8.67. The molecule has 3 aromatic rings. The third-order valence-corrected chi connectivity index (χ3v) is 5.43. The summed E-state index contributed by atoms with van der Waals surface area (Å²) >= 11 is 1.61. The number of nitrogens with two attached hydrogens (primary N) is 1. The molecule has 0 unspecified atom stereocenters. The molecule has 1 amide bonds. The van der Waals surface area contributed by atoms with Gasteiger partial charge in [0.15, 0.2) is 5.65 Å². The molecular formula is C19H27Cl2N5OS. The van der Waals surface area contributed by atoms with E-state index in [4.69, 9.17) is 10.7 Å². The van der Waals surface area contributed by atoms with E-state index in [0.717, 1.165) is 27.3 Å². The largest absolute Gasteiger partial charge is 0.341 e. The molecule has 0 fully saturated rings. The molecule has 9 heteroatoms. The molecule has 0 saturated carbocycles. The van der Waals surface area contributed by atoms with Gasteiger partial charge in [0.25, 0.3) is 5.91 Å². The Morgan fingerprint density at radius 1 is 1.36 bits per heavy atom. The summed E-state index contributed by atoms with van der Waals surface area (Å²) in [5.74, 6) is -0.0344. The summed E-state index contributed by atoms with van der Waals surface area (Å²) in [7, 11) is 3.68. The summed E-state index contributed by atoms with van der Waals surface area (Å²) in [5, 5.41) is 7.29. The highest BCUT2D eigenvalue weighted by Crippen LogP contribution is 2.30. The molecule has 0 saturated heterocycles. The first kappa shape index (κ1) is 24.4. The van der Waals surface area contributed by atoms with Crippen LogP contribution in [0.1, 0.15) is 29.9 Å². The number of hydrogen-bond acceptors (Lipinski definition) is 5. The molecule has 28 heavy (non-hydrogen) atoms. The standard InChI is InChI=1S/C19H25N5OS.2ClH/c1-12-16-13(18(25)23(4)11-19(2,3)10-20)9-14(15-7-6-8-26-15)21-17(16)24(5)22-12;;/h6-9H,10-11,20H2,1-5H3;2*1H. The number of amides is 1. The highest BCUT2D eigenvalue weighted by atomic mass is 35.5. The van der Waals surface area contributed by atoms with Crippen molar-refractivity contribution in [1.82, 2.24) is 19.7 Å². The van der Waals surface area contributed by atoms with E-state index in [0.29, 0.717) is 18.7 Å². The number of nitrogens with zero attached hydrogens (tertiary/aromatic N) is 4. The van der Waals surface area contributed by atoms with E-state index in [1.165, 1.54) is 0 Å². The van der Waals surface area contributed by atoms with E-state index in [1.807, 2.05) is 44.6 Å². The van der Waals surface area contributed by atoms with E-state index >= 15 is 0 Å². The molecule has 6 nitrogen and oxygen atoms in total. The smallest absolute Gasteiger partial charge is 0.254 e. The van der Waals surface area contributed by atoms with Crippen molar-refractivity contribution in [1.29, 1.82) is 0 Å². The quantitative estimate of drug-likeness (QED) is 0.648. The summed E-state index contributed by atoms with van der Waals surface area (Å²) in [4.78, 5) is 20.8. The van der Waals surface area contributed by atoms with Gasteiger partial charge in [0.05, 0.1) is 27.2 Å². The van der Waals surface area contributed by atoms with Crippen LogP contribution in [0.5, 0.6) is 0 Å². The van der Waals surface area contributed by atoms with Crippen LogP contribution >= 0.6 is 36.2 Å². The Morgan fingerprint density at radius 2 is 2.04 bits per heavy atom. The van der Waals surface area contributed by atoms with Crippen molar-refractivity contribution >= 4 is 53.1 Å². The molecule has 2 N–H and O–H groups in total. The average Bonchev–Trinajstić information content (AvgIpc) is 3.22. The molecule has 0 radical (unpaired) electrons. The zero-order chi connectivity index (χ0) is 19.1. The van der Waals surface area contributed by atoms with E-state index in [-0.39, 0.29) is 36.1 Å². The maximum Gasteiger partial charge on any atom is 0.254 e. The van der Waals surface area contributed by atoms with Crippen molar-refractivity contribution in [3.8, 4) is 10.6 Å². The van der Waals surface area contributed by atoms with Crippen LogP contribution in [0.2, 0.25) is 0 Å². The van der Waals surface area contributed by atoms with Gasteiger partial charge in [-0.1, -0.05) is 19.9 Å². The first-order chi connectivity index (χ1) is 12.2. The third-order valence-electron chi connectivity index (χ3n) is 4.54. The molecule has 0 spiro atoms. The van der Waals surface area contributed by atoms with Crippen molar-refractivity contribution in [2.75, 3.05) is 20.1 Å². The van der Waals surface area contributed by atoms with Gasteiger partial charge in [-0.15, -0.1) is 36.2 Å². The van der Waals surface area contributed by atoms with Crippen LogP contribution in [0.15, 0.2) is 23.6 Å². The molecule has 0 aliphatic rings. The Kier molecular flexibility index (Phi) is 8.02. The fraction of sp³-hybridized carbons (Fsp3) is 0.421. The van der Waals surface area contributed by atoms with Gasteiger partial charge in [-0.25, -0.2) is 4.98 Å². The van der Waals surface area contributed by atoms with Crippen LogP contribution in [0.4, 0.5) is 0 Å². The molecule has 154 valence electrons. The van der Waals surface area contributed by atoms with Crippen LogP contribution in [0.25, 0.3) is 21.6 Å². The van der Waals surface area contributed by atoms with Gasteiger partial charge in [0.1, 0.15) is 0 Å². The molecule has 3 heterocycles. The first-order valence-electron chi connectivity index (χ1n) is 8.57. The van der Waals surface area contributed by atoms with E-state index in [9.17, 15) is 4.79 Å². The van der Waals surface area contributed by atoms with E-state index in [2.05, 4.69) is 18.9 Å². The molecule has 0 aliphatic heterocycles. The minimum Gasteiger partial charge on any atom is -0.341 e. The number of carbonyl (C=O) groups excluding carboxylic acids is 1. The van der Waals surface area contributed by atoms with Crippen LogP contribution in [-0.4, -0.2) is 45.7 Å². The number of halogens is 2. The van der Waals surface area contributed by atoms with Crippen LogP contribution in [-0.2, 0) is 7.05 Å². The summed E-state index contributed by atoms with van der Waals surface area (Å²) < 4.78 is 1.74. The molecule has 0 bridgehead atoms. The topological polar surface area (TPSA) is 77.0 Å². The van der Waals surface area contributed by atoms with Crippen molar-refractivity contribution < 1.29 is 4.79 Å². The zero-order valence-electron chi connectivity index (χ0n) is 16.7. The Bertz CT molecular complexity index is 953. The number of carbonyl (C=O) groups is 1. The van der Waals surface area contributed by atoms with E-state index in [1.54, 1.807) is 20.9 Å². The number of hydrogen-bond donors (Lipinski definition) is 1. The second kappa shape index (κ2) is 9.22. The monoisotopic (exact) mass is 443 g/mol. The van der Waals surface area contributed by atoms with Gasteiger partial charge >= 0.3 is 0 Å². The second-order valence-corrected chi connectivity index (χ2v) is 8.42. The zero-order valence-corrected chi connectivity index (χ0v) is 19.2. The maximum absolute atomic E-state index is 13.3. The highest BCUT2D eigenvalue weighted by molar-refractivity contribution is 7.13. The van der Waals surface area contributed by atoms with Gasteiger partial charge in [0.2, 0.25) is 0 Å². The number of pyridine rings is 1. The maximum atomic E-state index is 13.3. The van der Waals surface area contributed by atoms with Gasteiger partial charge in [-0.2, -0.15) is 5.10 Å². The molecule has 3 aromatic heterocycles. The minimum absolute atomic E-state index is 0. The molecule has 0 aromatic carbocycles. The second-order valence-electron chi connectivity index (χ2n) is 7.47. The molecule has 0 aliphatic carbocycles. The fourth-order valence-electron chi connectivity index (χ4n) is 3.15. The lowest BCUT2D eigenvalue weighted by atomic mass is 9.93. The molecule has 0 atom stereocenters. The molecular weight excluding hydrogens is 417 g/mol. The average molecular weight is 444 g/mol. The summed E-state index contributed by atoms with van der Waals surface area (Å²) in [6, 6.07) is 5.88. The number of aromatic nitrogens is 3. The van der Waals surface area contributed by atoms with Crippen molar-refractivity contribution in [2.24, 2.45) is 18.2 Å². The molecule has 3 rings (SSSR count). The minimum atomic E-state index is -0.142.